The summed E-state index contributed by atoms with van der Waals surface area (Å²) in [7, 11) is 2.01. The van der Waals surface area contributed by atoms with Gasteiger partial charge in [-0.15, -0.1) is 11.3 Å². The lowest BCUT2D eigenvalue weighted by atomic mass is 9.93. The van der Waals surface area contributed by atoms with Crippen molar-refractivity contribution in [2.75, 3.05) is 26.2 Å². The molecule has 4 heterocycles. The van der Waals surface area contributed by atoms with Gasteiger partial charge in [0.1, 0.15) is 0 Å². The Kier molecular flexibility index (Phi) is 4.41. The lowest BCUT2D eigenvalue weighted by Gasteiger charge is -2.34. The fourth-order valence-electron chi connectivity index (χ4n) is 3.92. The van der Waals surface area contributed by atoms with E-state index in [2.05, 4.69) is 27.5 Å². The molecule has 0 atom stereocenters. The molecule has 0 N–H and O–H groups in total. The van der Waals surface area contributed by atoms with Crippen molar-refractivity contribution in [3.8, 4) is 0 Å². The summed E-state index contributed by atoms with van der Waals surface area (Å²) in [5.41, 5.74) is 2.66. The second-order valence-corrected chi connectivity index (χ2v) is 7.87. The molecule has 5 nitrogen and oxygen atoms in total. The summed E-state index contributed by atoms with van der Waals surface area (Å²) in [5.74, 6) is 0.859. The van der Waals surface area contributed by atoms with E-state index in [4.69, 9.17) is 0 Å². The van der Waals surface area contributed by atoms with Gasteiger partial charge in [0.15, 0.2) is 0 Å². The Balaban J connectivity index is 1.29. The summed E-state index contributed by atoms with van der Waals surface area (Å²) >= 11 is 1.82. The summed E-state index contributed by atoms with van der Waals surface area (Å²) in [4.78, 5) is 18.4. The Morgan fingerprint density at radius 3 is 2.88 bits per heavy atom. The number of aromatic nitrogens is 2. The molecule has 24 heavy (non-hydrogen) atoms. The van der Waals surface area contributed by atoms with Gasteiger partial charge >= 0.3 is 0 Å². The van der Waals surface area contributed by atoms with Crippen LogP contribution in [0.5, 0.6) is 0 Å². The van der Waals surface area contributed by atoms with Gasteiger partial charge in [-0.25, -0.2) is 0 Å². The Hall–Kier alpha value is -1.66. The quantitative estimate of drug-likeness (QED) is 0.857. The number of hydrogen-bond donors (Lipinski definition) is 0. The van der Waals surface area contributed by atoms with Gasteiger partial charge in [0.25, 0.3) is 0 Å². The van der Waals surface area contributed by atoms with Crippen LogP contribution in [0.3, 0.4) is 0 Å². The second-order valence-electron chi connectivity index (χ2n) is 6.86. The number of piperidine rings is 1. The van der Waals surface area contributed by atoms with E-state index >= 15 is 0 Å². The zero-order chi connectivity index (χ0) is 16.5. The van der Waals surface area contributed by atoms with Crippen molar-refractivity contribution in [2.24, 2.45) is 7.05 Å². The third-order valence-corrected chi connectivity index (χ3v) is 6.41. The molecule has 0 aromatic carbocycles. The highest BCUT2D eigenvalue weighted by atomic mass is 32.1. The third-order valence-electron chi connectivity index (χ3n) is 5.38. The van der Waals surface area contributed by atoms with Crippen molar-refractivity contribution in [3.63, 3.8) is 0 Å². The zero-order valence-electron chi connectivity index (χ0n) is 14.1. The van der Waals surface area contributed by atoms with Crippen molar-refractivity contribution in [2.45, 2.75) is 31.7 Å². The molecule has 1 amide bonds. The minimum absolute atomic E-state index is 0.283. The highest BCUT2D eigenvalue weighted by Crippen LogP contribution is 2.28. The summed E-state index contributed by atoms with van der Waals surface area (Å²) in [6, 6.07) is 4.29. The van der Waals surface area contributed by atoms with Crippen LogP contribution in [-0.2, 0) is 24.8 Å². The molecule has 2 aromatic heterocycles. The normalized spacial score (nSPS) is 19.5. The molecule has 128 valence electrons. The number of hydrogen-bond acceptors (Lipinski definition) is 4. The average Bonchev–Trinajstić information content (AvgIpc) is 3.23. The Bertz CT molecular complexity index is 714. The molecule has 1 fully saturated rings. The van der Waals surface area contributed by atoms with Crippen LogP contribution in [0.15, 0.2) is 23.7 Å². The minimum Gasteiger partial charge on any atom is -0.337 e. The van der Waals surface area contributed by atoms with Crippen LogP contribution in [0.25, 0.3) is 0 Å². The number of likely N-dealkylation sites (tertiary alicyclic amines) is 1. The van der Waals surface area contributed by atoms with Crippen molar-refractivity contribution in [1.29, 1.82) is 0 Å². The van der Waals surface area contributed by atoms with Gasteiger partial charge in [0.2, 0.25) is 5.91 Å². The first-order chi connectivity index (χ1) is 11.7. The molecule has 0 bridgehead atoms. The largest absolute Gasteiger partial charge is 0.337 e. The van der Waals surface area contributed by atoms with Crippen LogP contribution < -0.4 is 0 Å². The zero-order valence-corrected chi connectivity index (χ0v) is 15.0. The number of thiophene rings is 1. The highest BCUT2D eigenvalue weighted by molar-refractivity contribution is 7.10. The lowest BCUT2D eigenvalue weighted by molar-refractivity contribution is -0.133. The van der Waals surface area contributed by atoms with E-state index in [1.807, 2.05) is 34.2 Å². The predicted octanol–water partition coefficient (Wildman–Crippen LogP) is 2.25. The van der Waals surface area contributed by atoms with Crippen molar-refractivity contribution in [3.05, 3.63) is 39.8 Å². The molecule has 0 saturated carbocycles. The Morgan fingerprint density at radius 1 is 1.29 bits per heavy atom. The summed E-state index contributed by atoms with van der Waals surface area (Å²) in [5, 5.41) is 6.42. The van der Waals surface area contributed by atoms with E-state index in [1.165, 1.54) is 16.1 Å². The monoisotopic (exact) mass is 344 g/mol. The van der Waals surface area contributed by atoms with Gasteiger partial charge in [0.05, 0.1) is 6.54 Å². The summed E-state index contributed by atoms with van der Waals surface area (Å²) < 4.78 is 1.98. The molecular formula is C18H24N4OS. The maximum Gasteiger partial charge on any atom is 0.237 e. The molecule has 0 aliphatic carbocycles. The second kappa shape index (κ2) is 6.69. The van der Waals surface area contributed by atoms with E-state index in [0.717, 1.165) is 45.4 Å². The van der Waals surface area contributed by atoms with Crippen molar-refractivity contribution < 1.29 is 4.79 Å². The number of amides is 1. The number of carbonyl (C=O) groups is 1. The van der Waals surface area contributed by atoms with Crippen molar-refractivity contribution >= 4 is 17.2 Å². The van der Waals surface area contributed by atoms with Gasteiger partial charge in [0, 0.05) is 42.8 Å². The van der Waals surface area contributed by atoms with Crippen LogP contribution in [-0.4, -0.2) is 51.7 Å². The van der Waals surface area contributed by atoms with E-state index < -0.39 is 0 Å². The van der Waals surface area contributed by atoms with Crippen LogP contribution in [0.2, 0.25) is 0 Å². The Labute approximate surface area is 146 Å². The number of aryl methyl sites for hydroxylation is 1. The Morgan fingerprint density at radius 2 is 2.12 bits per heavy atom. The van der Waals surface area contributed by atoms with Crippen molar-refractivity contribution in [1.82, 2.24) is 19.6 Å². The minimum atomic E-state index is 0.283. The average molecular weight is 344 g/mol. The molecule has 0 spiro atoms. The fraction of sp³-hybridized carbons (Fsp3) is 0.556. The highest BCUT2D eigenvalue weighted by Gasteiger charge is 2.26. The first kappa shape index (κ1) is 15.8. The number of fused-ring (bicyclic) bond motifs is 1. The molecular weight excluding hydrogens is 320 g/mol. The topological polar surface area (TPSA) is 41.4 Å². The van der Waals surface area contributed by atoms with Crippen LogP contribution in [0.1, 0.15) is 34.9 Å². The molecule has 4 rings (SSSR count). The molecule has 2 aliphatic rings. The molecule has 6 heteroatoms. The third kappa shape index (κ3) is 3.13. The van der Waals surface area contributed by atoms with Gasteiger partial charge in [-0.1, -0.05) is 0 Å². The maximum absolute atomic E-state index is 12.6. The lowest BCUT2D eigenvalue weighted by Crippen LogP contribution is -2.44. The first-order valence-electron chi connectivity index (χ1n) is 8.74. The van der Waals surface area contributed by atoms with Gasteiger partial charge < -0.3 is 4.90 Å². The fourth-order valence-corrected chi connectivity index (χ4v) is 4.81. The summed E-state index contributed by atoms with van der Waals surface area (Å²) in [6.07, 6.45) is 5.12. The SMILES string of the molecule is Cn1nccc1C1CCN(CC(=O)N2CCc3sccc3C2)CC1. The standard InChI is InChI=1S/C18H24N4OS/c1-20-16(2-7-19-20)14-3-8-21(9-4-14)13-18(23)22-10-5-17-15(12-22)6-11-24-17/h2,6-7,11,14H,3-5,8-10,12-13H2,1H3. The smallest absolute Gasteiger partial charge is 0.237 e. The van der Waals surface area contributed by atoms with Crippen LogP contribution in [0, 0.1) is 0 Å². The van der Waals surface area contributed by atoms with Gasteiger partial charge in [-0.2, -0.15) is 5.10 Å². The molecule has 2 aromatic rings. The van der Waals surface area contributed by atoms with E-state index in [1.54, 1.807) is 0 Å². The molecule has 1 saturated heterocycles. The van der Waals surface area contributed by atoms with E-state index in [0.29, 0.717) is 12.5 Å². The molecule has 0 radical (unpaired) electrons. The summed E-state index contributed by atoms with van der Waals surface area (Å²) in [6.45, 7) is 4.23. The number of rotatable bonds is 3. The number of carbonyl (C=O) groups excluding carboxylic acids is 1. The number of nitrogens with zero attached hydrogens (tertiary/aromatic N) is 4. The van der Waals surface area contributed by atoms with Crippen LogP contribution in [0.4, 0.5) is 0 Å². The van der Waals surface area contributed by atoms with Gasteiger partial charge in [-0.05, 0) is 55.4 Å². The predicted molar refractivity (Wildman–Crippen MR) is 95.1 cm³/mol. The molecule has 0 unspecified atom stereocenters. The maximum atomic E-state index is 12.6. The van der Waals surface area contributed by atoms with Gasteiger partial charge in [-0.3, -0.25) is 14.4 Å². The van der Waals surface area contributed by atoms with E-state index in [9.17, 15) is 4.79 Å². The first-order valence-corrected chi connectivity index (χ1v) is 9.62. The molecule has 2 aliphatic heterocycles. The van der Waals surface area contributed by atoms with E-state index in [-0.39, 0.29) is 5.91 Å². The van der Waals surface area contributed by atoms with Crippen LogP contribution >= 0.6 is 11.3 Å².